The van der Waals surface area contributed by atoms with E-state index in [4.69, 9.17) is 14.5 Å². The van der Waals surface area contributed by atoms with Crippen LogP contribution in [0.4, 0.5) is 0 Å². The molecule has 3 aromatic rings. The number of methoxy groups -OCH3 is 2. The lowest BCUT2D eigenvalue weighted by atomic mass is 10.1. The first-order valence-electron chi connectivity index (χ1n) is 9.30. The first-order chi connectivity index (χ1) is 14.1. The van der Waals surface area contributed by atoms with Crippen LogP contribution in [0.2, 0.25) is 0 Å². The summed E-state index contributed by atoms with van der Waals surface area (Å²) in [5, 5.41) is 3.63. The minimum atomic E-state index is -0.0455. The Labute approximate surface area is 175 Å². The maximum Gasteiger partial charge on any atom is 0.230 e. The van der Waals surface area contributed by atoms with Gasteiger partial charge < -0.3 is 19.8 Å². The molecule has 1 aromatic heterocycles. The second kappa shape index (κ2) is 10.1. The standard InChI is InChI=1S/C22H25N3O3S/c1-15-4-6-16(7-5-15)20-22(29-14-19(26)23-12-13-27-2)25-21(24-20)17-8-10-18(28-3)11-9-17/h4-11H,12-14H2,1-3H3,(H,23,26)(H,24,25). The van der Waals surface area contributed by atoms with Crippen molar-refractivity contribution in [3.05, 3.63) is 54.1 Å². The topological polar surface area (TPSA) is 76.2 Å². The molecule has 0 aliphatic heterocycles. The lowest BCUT2D eigenvalue weighted by Gasteiger charge is -2.05. The number of hydrogen-bond acceptors (Lipinski definition) is 5. The summed E-state index contributed by atoms with van der Waals surface area (Å²) in [7, 11) is 3.25. The number of hydrogen-bond donors (Lipinski definition) is 2. The molecule has 0 bridgehead atoms. The maximum atomic E-state index is 12.1. The number of amides is 1. The number of aromatic amines is 1. The van der Waals surface area contributed by atoms with Crippen LogP contribution in [0.3, 0.4) is 0 Å². The molecule has 0 aliphatic carbocycles. The van der Waals surface area contributed by atoms with Crippen molar-refractivity contribution in [1.82, 2.24) is 15.3 Å². The van der Waals surface area contributed by atoms with Gasteiger partial charge in [-0.2, -0.15) is 0 Å². The average molecular weight is 412 g/mol. The summed E-state index contributed by atoms with van der Waals surface area (Å²) in [6.45, 7) is 3.05. The molecule has 0 spiro atoms. The van der Waals surface area contributed by atoms with Crippen LogP contribution in [0.25, 0.3) is 22.6 Å². The van der Waals surface area contributed by atoms with Crippen molar-refractivity contribution < 1.29 is 14.3 Å². The minimum absolute atomic E-state index is 0.0455. The fourth-order valence-electron chi connectivity index (χ4n) is 2.74. The normalized spacial score (nSPS) is 10.7. The fourth-order valence-corrected chi connectivity index (χ4v) is 3.58. The van der Waals surface area contributed by atoms with E-state index in [1.165, 1.54) is 17.3 Å². The minimum Gasteiger partial charge on any atom is -0.497 e. The highest BCUT2D eigenvalue weighted by molar-refractivity contribution is 8.00. The number of nitrogens with zero attached hydrogens (tertiary/aromatic N) is 1. The molecule has 0 saturated heterocycles. The SMILES string of the molecule is COCCNC(=O)CSc1nc(-c2ccc(OC)cc2)[nH]c1-c1ccc(C)cc1. The highest BCUT2D eigenvalue weighted by atomic mass is 32.2. The molecule has 0 aliphatic rings. The van der Waals surface area contributed by atoms with Gasteiger partial charge in [-0.3, -0.25) is 4.79 Å². The number of H-pyrrole nitrogens is 1. The fraction of sp³-hybridized carbons (Fsp3) is 0.273. The van der Waals surface area contributed by atoms with E-state index in [1.54, 1.807) is 14.2 Å². The summed E-state index contributed by atoms with van der Waals surface area (Å²) in [6.07, 6.45) is 0. The summed E-state index contributed by atoms with van der Waals surface area (Å²) < 4.78 is 10.2. The van der Waals surface area contributed by atoms with Gasteiger partial charge in [0.1, 0.15) is 16.6 Å². The number of nitrogens with one attached hydrogen (secondary N) is 2. The Kier molecular flexibility index (Phi) is 7.32. The number of ether oxygens (including phenoxy) is 2. The Balaban J connectivity index is 1.84. The molecule has 0 atom stereocenters. The molecular weight excluding hydrogens is 386 g/mol. The van der Waals surface area contributed by atoms with Gasteiger partial charge in [-0.25, -0.2) is 4.98 Å². The predicted molar refractivity (Wildman–Crippen MR) is 116 cm³/mol. The Morgan fingerprint density at radius 2 is 1.76 bits per heavy atom. The molecular formula is C22H25N3O3S. The molecule has 0 unspecified atom stereocenters. The summed E-state index contributed by atoms with van der Waals surface area (Å²) >= 11 is 1.42. The molecule has 0 radical (unpaired) electrons. The van der Waals surface area contributed by atoms with Gasteiger partial charge in [0.15, 0.2) is 0 Å². The van der Waals surface area contributed by atoms with Crippen LogP contribution in [-0.4, -0.2) is 49.0 Å². The van der Waals surface area contributed by atoms with Gasteiger partial charge in [0.05, 0.1) is 25.2 Å². The Morgan fingerprint density at radius 1 is 1.07 bits per heavy atom. The van der Waals surface area contributed by atoms with E-state index in [9.17, 15) is 4.79 Å². The Bertz CT molecular complexity index is 937. The molecule has 2 N–H and O–H groups in total. The monoisotopic (exact) mass is 411 g/mol. The van der Waals surface area contributed by atoms with Crippen LogP contribution >= 0.6 is 11.8 Å². The van der Waals surface area contributed by atoms with E-state index in [0.717, 1.165) is 33.4 Å². The van der Waals surface area contributed by atoms with E-state index >= 15 is 0 Å². The molecule has 152 valence electrons. The van der Waals surface area contributed by atoms with E-state index in [-0.39, 0.29) is 11.7 Å². The van der Waals surface area contributed by atoms with Crippen molar-refractivity contribution in [2.45, 2.75) is 11.9 Å². The second-order valence-electron chi connectivity index (χ2n) is 6.49. The summed E-state index contributed by atoms with van der Waals surface area (Å²) in [5.74, 6) is 1.79. The van der Waals surface area contributed by atoms with Crippen LogP contribution < -0.4 is 10.1 Å². The lowest BCUT2D eigenvalue weighted by Crippen LogP contribution is -2.28. The van der Waals surface area contributed by atoms with Crippen LogP contribution in [0.5, 0.6) is 5.75 Å². The van der Waals surface area contributed by atoms with Crippen molar-refractivity contribution in [3.63, 3.8) is 0 Å². The molecule has 6 nitrogen and oxygen atoms in total. The summed E-state index contributed by atoms with van der Waals surface area (Å²) in [6, 6.07) is 16.0. The van der Waals surface area contributed by atoms with Gasteiger partial charge in [-0.1, -0.05) is 41.6 Å². The molecule has 0 saturated carbocycles. The molecule has 3 rings (SSSR count). The van der Waals surface area contributed by atoms with Crippen LogP contribution in [0, 0.1) is 6.92 Å². The third kappa shape index (κ3) is 5.62. The van der Waals surface area contributed by atoms with Crippen molar-refractivity contribution in [3.8, 4) is 28.4 Å². The third-order valence-corrected chi connectivity index (χ3v) is 5.32. The molecule has 1 heterocycles. The molecule has 0 fully saturated rings. The van der Waals surface area contributed by atoms with E-state index in [2.05, 4.69) is 41.5 Å². The Hall–Kier alpha value is -2.77. The van der Waals surface area contributed by atoms with Crippen molar-refractivity contribution in [1.29, 1.82) is 0 Å². The van der Waals surface area contributed by atoms with Crippen molar-refractivity contribution in [2.24, 2.45) is 0 Å². The number of thioether (sulfide) groups is 1. The highest BCUT2D eigenvalue weighted by Crippen LogP contribution is 2.33. The van der Waals surface area contributed by atoms with Crippen molar-refractivity contribution >= 4 is 17.7 Å². The summed E-state index contributed by atoms with van der Waals surface area (Å²) in [4.78, 5) is 20.3. The van der Waals surface area contributed by atoms with E-state index < -0.39 is 0 Å². The van der Waals surface area contributed by atoms with Crippen LogP contribution in [0.15, 0.2) is 53.6 Å². The average Bonchev–Trinajstić information content (AvgIpc) is 3.17. The third-order valence-electron chi connectivity index (χ3n) is 4.34. The largest absolute Gasteiger partial charge is 0.497 e. The number of benzene rings is 2. The summed E-state index contributed by atoms with van der Waals surface area (Å²) in [5.41, 5.74) is 4.08. The van der Waals surface area contributed by atoms with E-state index in [1.807, 2.05) is 24.3 Å². The Morgan fingerprint density at radius 3 is 2.41 bits per heavy atom. The zero-order valence-electron chi connectivity index (χ0n) is 16.8. The van der Waals surface area contributed by atoms with Gasteiger partial charge in [0, 0.05) is 24.8 Å². The van der Waals surface area contributed by atoms with Crippen LogP contribution in [-0.2, 0) is 9.53 Å². The zero-order valence-corrected chi connectivity index (χ0v) is 17.6. The molecule has 7 heteroatoms. The van der Waals surface area contributed by atoms with Gasteiger partial charge in [-0.05, 0) is 31.2 Å². The number of rotatable bonds is 9. The van der Waals surface area contributed by atoms with Gasteiger partial charge in [0.2, 0.25) is 5.91 Å². The van der Waals surface area contributed by atoms with E-state index in [0.29, 0.717) is 13.2 Å². The lowest BCUT2D eigenvalue weighted by molar-refractivity contribution is -0.118. The van der Waals surface area contributed by atoms with Gasteiger partial charge in [0.25, 0.3) is 0 Å². The van der Waals surface area contributed by atoms with Gasteiger partial charge in [-0.15, -0.1) is 0 Å². The maximum absolute atomic E-state index is 12.1. The molecule has 1 amide bonds. The number of carbonyl (C=O) groups excluding carboxylic acids is 1. The smallest absolute Gasteiger partial charge is 0.230 e. The highest BCUT2D eigenvalue weighted by Gasteiger charge is 2.15. The van der Waals surface area contributed by atoms with Crippen LogP contribution in [0.1, 0.15) is 5.56 Å². The zero-order chi connectivity index (χ0) is 20.6. The second-order valence-corrected chi connectivity index (χ2v) is 7.46. The first-order valence-corrected chi connectivity index (χ1v) is 10.3. The number of imidazole rings is 1. The number of aromatic nitrogens is 2. The predicted octanol–water partition coefficient (Wildman–Crippen LogP) is 3.92. The quantitative estimate of drug-likeness (QED) is 0.412. The van der Waals surface area contributed by atoms with Crippen molar-refractivity contribution in [2.75, 3.05) is 33.1 Å². The first kappa shape index (κ1) is 21.0. The number of aryl methyl sites for hydroxylation is 1. The van der Waals surface area contributed by atoms with Gasteiger partial charge >= 0.3 is 0 Å². The molecule has 2 aromatic carbocycles. The molecule has 29 heavy (non-hydrogen) atoms. The number of carbonyl (C=O) groups is 1.